The molecule has 4 rings (SSSR count). The first-order valence-corrected chi connectivity index (χ1v) is 18.5. The maximum absolute atomic E-state index is 14.6. The van der Waals surface area contributed by atoms with Gasteiger partial charge >= 0.3 is 0 Å². The minimum Gasteiger partial charge on any atom is -0.347 e. The first kappa shape index (κ1) is 38.9. The molecule has 1 aromatic heterocycles. The molecule has 3 aliphatic rings. The molecule has 276 valence electrons. The summed E-state index contributed by atoms with van der Waals surface area (Å²) in [6.07, 6.45) is 12.5. The summed E-state index contributed by atoms with van der Waals surface area (Å²) in [6, 6.07) is -3.78. The van der Waals surface area contributed by atoms with Gasteiger partial charge in [0.1, 0.15) is 23.8 Å². The number of hydrogen-bond acceptors (Lipinski definition) is 8. The van der Waals surface area contributed by atoms with Crippen LogP contribution in [0.2, 0.25) is 0 Å². The van der Waals surface area contributed by atoms with E-state index in [2.05, 4.69) is 31.2 Å². The molecule has 0 spiro atoms. The second kappa shape index (κ2) is 17.4. The maximum Gasteiger partial charge on any atom is 0.289 e. The fraction of sp³-hybridized carbons (Fsp3) is 0.730. The summed E-state index contributed by atoms with van der Waals surface area (Å²) in [4.78, 5) is 91.4. The molecule has 0 radical (unpaired) electrons. The monoisotopic (exact) mass is 695 g/mol. The van der Waals surface area contributed by atoms with Crippen molar-refractivity contribution in [2.45, 2.75) is 142 Å². The van der Waals surface area contributed by atoms with Crippen molar-refractivity contribution in [2.75, 3.05) is 6.54 Å². The van der Waals surface area contributed by atoms with Crippen LogP contribution in [0.3, 0.4) is 0 Å². The van der Waals surface area contributed by atoms with Gasteiger partial charge in [0.05, 0.1) is 12.2 Å². The van der Waals surface area contributed by atoms with Gasteiger partial charge < -0.3 is 26.2 Å². The standard InChI is InChI=1S/C37H57N7O6/c1-7-8-14-26(30(45)35(49)40-25-15-16-25)41-33(47)28-19-24(22(2)3)21-44(28)36(50)31(37(4,5)6)43-34(48)29(23-12-10-9-11-13-23)42-32(46)27-20-38-17-18-39-27/h17-18,20,22-26,28-29,31H,7-16,19,21H2,1-6H3,(H,40,49)(H,41,47)(H,42,46)(H,43,48)/t24-,26?,28?,29+,31-/m1/s1. The number of carbonyl (C=O) groups excluding carboxylic acids is 6. The van der Waals surface area contributed by atoms with Crippen LogP contribution < -0.4 is 21.3 Å². The number of carbonyl (C=O) groups is 6. The van der Waals surface area contributed by atoms with E-state index in [1.54, 1.807) is 0 Å². The van der Waals surface area contributed by atoms with Crippen molar-refractivity contribution >= 4 is 35.3 Å². The Morgan fingerprint density at radius 2 is 1.62 bits per heavy atom. The summed E-state index contributed by atoms with van der Waals surface area (Å²) in [5, 5.41) is 11.4. The Balaban J connectivity index is 1.56. The van der Waals surface area contributed by atoms with Crippen LogP contribution >= 0.6 is 0 Å². The average Bonchev–Trinajstić information content (AvgIpc) is 3.79. The summed E-state index contributed by atoms with van der Waals surface area (Å²) < 4.78 is 0. The quantitative estimate of drug-likeness (QED) is 0.202. The summed E-state index contributed by atoms with van der Waals surface area (Å²) in [5.74, 6) is -3.17. The highest BCUT2D eigenvalue weighted by Gasteiger charge is 2.47. The van der Waals surface area contributed by atoms with Crippen LogP contribution in [-0.2, 0) is 24.0 Å². The van der Waals surface area contributed by atoms with Gasteiger partial charge in [0.25, 0.3) is 11.8 Å². The lowest BCUT2D eigenvalue weighted by Crippen LogP contribution is -2.62. The SMILES string of the molecule is CCCCC(NC(=O)C1C[C@@H](C(C)C)CN1C(=O)[C@@H](NC(=O)[C@@H](NC(=O)c1cnccn1)C1CCCCC1)C(C)(C)C)C(=O)C(=O)NC1CC1. The van der Waals surface area contributed by atoms with Crippen molar-refractivity contribution in [1.29, 1.82) is 0 Å². The molecule has 2 aliphatic carbocycles. The molecule has 1 saturated heterocycles. The van der Waals surface area contributed by atoms with E-state index in [-0.39, 0.29) is 29.5 Å². The zero-order valence-corrected chi connectivity index (χ0v) is 30.6. The summed E-state index contributed by atoms with van der Waals surface area (Å²) in [5.41, 5.74) is -0.660. The Kier molecular flexibility index (Phi) is 13.5. The minimum absolute atomic E-state index is 0.00584. The van der Waals surface area contributed by atoms with E-state index >= 15 is 0 Å². The summed E-state index contributed by atoms with van der Waals surface area (Å²) >= 11 is 0. The summed E-state index contributed by atoms with van der Waals surface area (Å²) in [6.45, 7) is 11.9. The number of unbranched alkanes of at least 4 members (excludes halogenated alkanes) is 1. The van der Waals surface area contributed by atoms with Crippen molar-refractivity contribution in [3.8, 4) is 0 Å². The van der Waals surface area contributed by atoms with E-state index in [1.165, 1.54) is 23.5 Å². The fourth-order valence-electron chi connectivity index (χ4n) is 6.97. The zero-order valence-electron chi connectivity index (χ0n) is 30.6. The number of nitrogens with one attached hydrogen (secondary N) is 4. The number of amides is 5. The Morgan fingerprint density at radius 3 is 2.20 bits per heavy atom. The van der Waals surface area contributed by atoms with Gasteiger partial charge in [-0.25, -0.2) is 4.98 Å². The molecule has 50 heavy (non-hydrogen) atoms. The molecular formula is C37H57N7O6. The van der Waals surface area contributed by atoms with Gasteiger partial charge in [-0.3, -0.25) is 33.8 Å². The zero-order chi connectivity index (χ0) is 36.6. The largest absolute Gasteiger partial charge is 0.347 e. The average molecular weight is 696 g/mol. The number of nitrogens with zero attached hydrogens (tertiary/aromatic N) is 3. The lowest BCUT2D eigenvalue weighted by molar-refractivity contribution is -0.145. The molecule has 3 fully saturated rings. The predicted octanol–water partition coefficient (Wildman–Crippen LogP) is 3.08. The highest BCUT2D eigenvalue weighted by molar-refractivity contribution is 6.38. The third kappa shape index (κ3) is 10.3. The van der Waals surface area contributed by atoms with Crippen LogP contribution in [0, 0.1) is 23.2 Å². The normalized spacial score (nSPS) is 21.5. The van der Waals surface area contributed by atoms with Gasteiger partial charge in [-0.1, -0.05) is 73.6 Å². The molecule has 5 atom stereocenters. The lowest BCUT2D eigenvalue weighted by Gasteiger charge is -2.37. The van der Waals surface area contributed by atoms with Gasteiger partial charge in [-0.05, 0) is 61.7 Å². The van der Waals surface area contributed by atoms with Gasteiger partial charge in [0, 0.05) is 25.0 Å². The Labute approximate surface area is 296 Å². The van der Waals surface area contributed by atoms with Crippen molar-refractivity contribution in [3.63, 3.8) is 0 Å². The van der Waals surface area contributed by atoms with Crippen molar-refractivity contribution in [1.82, 2.24) is 36.1 Å². The van der Waals surface area contributed by atoms with E-state index < -0.39 is 64.9 Å². The topological polar surface area (TPSA) is 180 Å². The van der Waals surface area contributed by atoms with Gasteiger partial charge in [0.15, 0.2) is 0 Å². The Morgan fingerprint density at radius 1 is 0.920 bits per heavy atom. The highest BCUT2D eigenvalue weighted by atomic mass is 16.2. The second-order valence-electron chi connectivity index (χ2n) is 15.8. The minimum atomic E-state index is -1.02. The number of likely N-dealkylation sites (tertiary alicyclic amines) is 1. The van der Waals surface area contributed by atoms with Crippen molar-refractivity contribution in [2.24, 2.45) is 23.2 Å². The van der Waals surface area contributed by atoms with Crippen LogP contribution in [0.15, 0.2) is 18.6 Å². The van der Waals surface area contributed by atoms with E-state index in [1.807, 2.05) is 41.5 Å². The van der Waals surface area contributed by atoms with Crippen LogP contribution in [-0.4, -0.2) is 86.9 Å². The van der Waals surface area contributed by atoms with Crippen LogP contribution in [0.25, 0.3) is 0 Å². The molecule has 0 aromatic carbocycles. The smallest absolute Gasteiger partial charge is 0.289 e. The van der Waals surface area contributed by atoms with Crippen LogP contribution in [0.5, 0.6) is 0 Å². The predicted molar refractivity (Wildman–Crippen MR) is 187 cm³/mol. The molecule has 2 heterocycles. The molecule has 0 bridgehead atoms. The number of Topliss-reactive ketones (excluding diaryl/α,β-unsaturated/α-hetero) is 1. The molecular weight excluding hydrogens is 638 g/mol. The number of ketones is 1. The Hall–Kier alpha value is -3.90. The molecule has 1 aromatic rings. The molecule has 5 amide bonds. The third-order valence-electron chi connectivity index (χ3n) is 10.4. The van der Waals surface area contributed by atoms with Crippen molar-refractivity contribution < 1.29 is 28.8 Å². The molecule has 13 heteroatoms. The molecule has 4 N–H and O–H groups in total. The van der Waals surface area contributed by atoms with Crippen LogP contribution in [0.4, 0.5) is 0 Å². The second-order valence-corrected chi connectivity index (χ2v) is 15.8. The Bertz CT molecular complexity index is 1370. The summed E-state index contributed by atoms with van der Waals surface area (Å²) in [7, 11) is 0. The molecule has 2 unspecified atom stereocenters. The van der Waals surface area contributed by atoms with Gasteiger partial charge in [-0.2, -0.15) is 0 Å². The maximum atomic E-state index is 14.6. The van der Waals surface area contributed by atoms with E-state index in [0.29, 0.717) is 25.8 Å². The van der Waals surface area contributed by atoms with Gasteiger partial charge in [0.2, 0.25) is 23.5 Å². The number of aromatic nitrogens is 2. The van der Waals surface area contributed by atoms with E-state index in [4.69, 9.17) is 0 Å². The van der Waals surface area contributed by atoms with E-state index in [0.717, 1.165) is 51.4 Å². The highest BCUT2D eigenvalue weighted by Crippen LogP contribution is 2.33. The molecule has 2 saturated carbocycles. The van der Waals surface area contributed by atoms with Crippen molar-refractivity contribution in [3.05, 3.63) is 24.3 Å². The molecule has 13 nitrogen and oxygen atoms in total. The number of hydrogen-bond donors (Lipinski definition) is 4. The third-order valence-corrected chi connectivity index (χ3v) is 10.4. The first-order chi connectivity index (χ1) is 23.7. The molecule has 1 aliphatic heterocycles. The van der Waals surface area contributed by atoms with E-state index in [9.17, 15) is 28.8 Å². The lowest BCUT2D eigenvalue weighted by atomic mass is 9.82. The fourth-order valence-corrected chi connectivity index (χ4v) is 6.97. The number of rotatable bonds is 15. The van der Waals surface area contributed by atoms with Crippen LogP contribution in [0.1, 0.15) is 123 Å². The van der Waals surface area contributed by atoms with Gasteiger partial charge in [-0.15, -0.1) is 0 Å². The first-order valence-electron chi connectivity index (χ1n) is 18.5.